The van der Waals surface area contributed by atoms with Crippen LogP contribution in [0.3, 0.4) is 0 Å². The molecule has 0 spiro atoms. The van der Waals surface area contributed by atoms with Gasteiger partial charge in [0, 0.05) is 6.42 Å². The highest BCUT2D eigenvalue weighted by molar-refractivity contribution is 6.78. The van der Waals surface area contributed by atoms with Crippen LogP contribution in [-0.2, 0) is 0 Å². The van der Waals surface area contributed by atoms with Crippen LogP contribution in [0.1, 0.15) is 54.4 Å². The SMILES string of the molecule is CC(C)(C)[Si](F)(CCCC#N)C(C)(C)C. The van der Waals surface area contributed by atoms with Crippen molar-refractivity contribution in [2.45, 2.75) is 70.5 Å². The molecule has 0 aromatic rings. The lowest BCUT2D eigenvalue weighted by Crippen LogP contribution is -2.47. The van der Waals surface area contributed by atoms with E-state index in [9.17, 15) is 0 Å². The number of hydrogen-bond donors (Lipinski definition) is 0. The van der Waals surface area contributed by atoms with Crippen LogP contribution >= 0.6 is 0 Å². The monoisotopic (exact) mass is 229 g/mol. The van der Waals surface area contributed by atoms with Gasteiger partial charge in [-0.15, -0.1) is 0 Å². The minimum Gasteiger partial charge on any atom is -0.313 e. The van der Waals surface area contributed by atoms with Crippen molar-refractivity contribution in [2.24, 2.45) is 0 Å². The standard InChI is InChI=1S/C12H24FNSi/c1-11(2,3)15(13,12(4,5)6)10-8-7-9-14/h7-8,10H2,1-6H3. The molecule has 15 heavy (non-hydrogen) atoms. The van der Waals surface area contributed by atoms with E-state index in [0.29, 0.717) is 18.9 Å². The largest absolute Gasteiger partial charge is 0.313 e. The summed E-state index contributed by atoms with van der Waals surface area (Å²) in [5.74, 6) is 0. The van der Waals surface area contributed by atoms with Gasteiger partial charge in [-0.1, -0.05) is 41.5 Å². The summed E-state index contributed by atoms with van der Waals surface area (Å²) in [7, 11) is -2.84. The van der Waals surface area contributed by atoms with Crippen molar-refractivity contribution in [3.63, 3.8) is 0 Å². The highest BCUT2D eigenvalue weighted by Gasteiger charge is 2.54. The molecule has 0 N–H and O–H groups in total. The summed E-state index contributed by atoms with van der Waals surface area (Å²) in [5, 5.41) is 8.01. The molecule has 0 rings (SSSR count). The van der Waals surface area contributed by atoms with Crippen molar-refractivity contribution in [1.29, 1.82) is 5.26 Å². The topological polar surface area (TPSA) is 23.8 Å². The van der Waals surface area contributed by atoms with E-state index in [2.05, 4.69) is 6.07 Å². The zero-order chi connectivity index (χ0) is 12.3. The van der Waals surface area contributed by atoms with E-state index in [0.717, 1.165) is 0 Å². The van der Waals surface area contributed by atoms with E-state index in [1.54, 1.807) is 0 Å². The van der Waals surface area contributed by atoms with Crippen molar-refractivity contribution in [3.8, 4) is 6.07 Å². The zero-order valence-electron chi connectivity index (χ0n) is 10.9. The number of nitriles is 1. The molecule has 0 aromatic heterocycles. The van der Waals surface area contributed by atoms with Crippen LogP contribution in [-0.4, -0.2) is 8.41 Å². The Morgan fingerprint density at radius 1 is 1.07 bits per heavy atom. The Kier molecular flexibility index (Phi) is 4.54. The summed E-state index contributed by atoms with van der Waals surface area (Å²) in [4.78, 5) is 0. The lowest BCUT2D eigenvalue weighted by atomic mass is 10.2. The normalized spacial score (nSPS) is 13.7. The fourth-order valence-corrected chi connectivity index (χ4v) is 6.70. The average molecular weight is 229 g/mol. The second kappa shape index (κ2) is 4.65. The Hall–Kier alpha value is -0.363. The second-order valence-corrected chi connectivity index (χ2v) is 11.4. The minimum atomic E-state index is -2.84. The summed E-state index contributed by atoms with van der Waals surface area (Å²) < 4.78 is 15.2. The molecule has 1 nitrogen and oxygen atoms in total. The van der Waals surface area contributed by atoms with Crippen molar-refractivity contribution >= 4 is 8.41 Å². The molecule has 0 atom stereocenters. The van der Waals surface area contributed by atoms with E-state index in [-0.39, 0.29) is 10.1 Å². The van der Waals surface area contributed by atoms with Crippen molar-refractivity contribution in [3.05, 3.63) is 0 Å². The Bertz CT molecular complexity index is 228. The first-order valence-corrected chi connectivity index (χ1v) is 7.70. The number of nitrogens with zero attached hydrogens (tertiary/aromatic N) is 1. The van der Waals surface area contributed by atoms with E-state index in [1.165, 1.54) is 0 Å². The van der Waals surface area contributed by atoms with Crippen LogP contribution < -0.4 is 0 Å². The number of unbranched alkanes of at least 4 members (excludes halogenated alkanes) is 1. The summed E-state index contributed by atoms with van der Waals surface area (Å²) in [6.07, 6.45) is 1.18. The predicted molar refractivity (Wildman–Crippen MR) is 65.9 cm³/mol. The molecule has 0 saturated heterocycles. The third-order valence-electron chi connectivity index (χ3n) is 3.19. The molecule has 3 heteroatoms. The summed E-state index contributed by atoms with van der Waals surface area (Å²) in [5.41, 5.74) is 0. The van der Waals surface area contributed by atoms with Gasteiger partial charge in [-0.3, -0.25) is 0 Å². The van der Waals surface area contributed by atoms with Crippen molar-refractivity contribution in [2.75, 3.05) is 0 Å². The lowest BCUT2D eigenvalue weighted by Gasteiger charge is -2.44. The van der Waals surface area contributed by atoms with Crippen LogP contribution in [0, 0.1) is 11.3 Å². The Balaban J connectivity index is 4.83. The van der Waals surface area contributed by atoms with Crippen molar-refractivity contribution in [1.82, 2.24) is 0 Å². The molecule has 0 heterocycles. The first-order valence-electron chi connectivity index (χ1n) is 5.62. The lowest BCUT2D eigenvalue weighted by molar-refractivity contribution is 0.506. The van der Waals surface area contributed by atoms with Crippen LogP contribution in [0.25, 0.3) is 0 Å². The highest BCUT2D eigenvalue weighted by Crippen LogP contribution is 2.54. The zero-order valence-corrected chi connectivity index (χ0v) is 11.9. The van der Waals surface area contributed by atoms with Gasteiger partial charge in [-0.2, -0.15) is 5.26 Å². The second-order valence-electron chi connectivity index (χ2n) is 6.31. The van der Waals surface area contributed by atoms with Gasteiger partial charge in [0.25, 0.3) is 8.41 Å². The molecule has 0 aliphatic carbocycles. The molecule has 0 saturated carbocycles. The molecule has 0 amide bonds. The molecule has 0 fully saturated rings. The van der Waals surface area contributed by atoms with Crippen LogP contribution in [0.15, 0.2) is 0 Å². The molecular weight excluding hydrogens is 205 g/mol. The first kappa shape index (κ1) is 14.6. The fourth-order valence-electron chi connectivity index (χ4n) is 2.29. The summed E-state index contributed by atoms with van der Waals surface area (Å²) in [6.45, 7) is 12.0. The van der Waals surface area contributed by atoms with Gasteiger partial charge in [0.05, 0.1) is 6.07 Å². The van der Waals surface area contributed by atoms with Crippen molar-refractivity contribution < 1.29 is 4.11 Å². The molecular formula is C12H24FNSi. The number of rotatable bonds is 3. The minimum absolute atomic E-state index is 0.249. The molecule has 0 bridgehead atoms. The van der Waals surface area contributed by atoms with E-state index in [1.807, 2.05) is 41.5 Å². The third-order valence-corrected chi connectivity index (χ3v) is 8.99. The molecule has 0 radical (unpaired) electrons. The van der Waals surface area contributed by atoms with Crippen LogP contribution in [0.4, 0.5) is 4.11 Å². The van der Waals surface area contributed by atoms with E-state index >= 15 is 4.11 Å². The molecule has 88 valence electrons. The highest BCUT2D eigenvalue weighted by atomic mass is 28.4. The summed E-state index contributed by atoms with van der Waals surface area (Å²) in [6, 6.07) is 2.70. The van der Waals surface area contributed by atoms with Gasteiger partial charge < -0.3 is 4.11 Å². The number of halogens is 1. The first-order chi connectivity index (χ1) is 6.56. The Morgan fingerprint density at radius 3 is 1.73 bits per heavy atom. The summed E-state index contributed by atoms with van der Waals surface area (Å²) >= 11 is 0. The smallest absolute Gasteiger partial charge is 0.257 e. The quantitative estimate of drug-likeness (QED) is 0.387. The van der Waals surface area contributed by atoms with E-state index < -0.39 is 8.41 Å². The van der Waals surface area contributed by atoms with Gasteiger partial charge in [-0.25, -0.2) is 0 Å². The van der Waals surface area contributed by atoms with E-state index in [4.69, 9.17) is 5.26 Å². The third kappa shape index (κ3) is 3.31. The molecule has 0 aliphatic rings. The van der Waals surface area contributed by atoms with Gasteiger partial charge in [0.15, 0.2) is 0 Å². The molecule has 0 aliphatic heterocycles. The van der Waals surface area contributed by atoms with Gasteiger partial charge >= 0.3 is 0 Å². The van der Waals surface area contributed by atoms with Crippen LogP contribution in [0.2, 0.25) is 16.1 Å². The van der Waals surface area contributed by atoms with Gasteiger partial charge in [0.1, 0.15) is 0 Å². The predicted octanol–water partition coefficient (Wildman–Crippen LogP) is 4.81. The molecule has 0 unspecified atom stereocenters. The Morgan fingerprint density at radius 2 is 1.47 bits per heavy atom. The maximum Gasteiger partial charge on any atom is 0.257 e. The fraction of sp³-hybridized carbons (Fsp3) is 0.917. The van der Waals surface area contributed by atoms with Crippen LogP contribution in [0.5, 0.6) is 0 Å². The Labute approximate surface area is 94.9 Å². The van der Waals surface area contributed by atoms with Gasteiger partial charge in [-0.05, 0) is 22.5 Å². The maximum absolute atomic E-state index is 15.2. The van der Waals surface area contributed by atoms with Gasteiger partial charge in [0.2, 0.25) is 0 Å². The average Bonchev–Trinajstić information content (AvgIpc) is 2.00. The molecule has 0 aromatic carbocycles. The number of hydrogen-bond acceptors (Lipinski definition) is 1. The maximum atomic E-state index is 15.2.